The highest BCUT2D eigenvalue weighted by molar-refractivity contribution is 5.87. The maximum atomic E-state index is 12.0. The summed E-state index contributed by atoms with van der Waals surface area (Å²) in [5.41, 5.74) is 1.07. The fraction of sp³-hybridized carbons (Fsp3) is 0.429. The molecule has 1 fully saturated rings. The van der Waals surface area contributed by atoms with Crippen LogP contribution >= 0.6 is 0 Å². The molecule has 4 nitrogen and oxygen atoms in total. The molecule has 1 aliphatic rings. The van der Waals surface area contributed by atoms with Gasteiger partial charge in [0.15, 0.2) is 0 Å². The molecule has 0 saturated carbocycles. The van der Waals surface area contributed by atoms with E-state index in [2.05, 4.69) is 5.32 Å². The maximum absolute atomic E-state index is 12.0. The summed E-state index contributed by atoms with van der Waals surface area (Å²) in [6, 6.07) is 9.48. The van der Waals surface area contributed by atoms with E-state index >= 15 is 0 Å². The summed E-state index contributed by atoms with van der Waals surface area (Å²) >= 11 is 0. The molecule has 0 aromatic heterocycles. The molecule has 1 aromatic rings. The number of benzene rings is 1. The van der Waals surface area contributed by atoms with Gasteiger partial charge in [0, 0.05) is 20.0 Å². The fourth-order valence-corrected chi connectivity index (χ4v) is 2.32. The minimum absolute atomic E-state index is 0.0210. The Bertz CT molecular complexity index is 431. The zero-order chi connectivity index (χ0) is 13.0. The molecule has 1 heterocycles. The van der Waals surface area contributed by atoms with Gasteiger partial charge in [-0.25, -0.2) is 0 Å². The largest absolute Gasteiger partial charge is 0.350 e. The normalized spacial score (nSPS) is 18.7. The third-order valence-electron chi connectivity index (χ3n) is 3.27. The number of carbonyl (C=O) groups is 2. The van der Waals surface area contributed by atoms with Crippen molar-refractivity contribution in [2.75, 3.05) is 6.54 Å². The van der Waals surface area contributed by atoms with Gasteiger partial charge >= 0.3 is 0 Å². The first-order valence-electron chi connectivity index (χ1n) is 6.27. The van der Waals surface area contributed by atoms with Crippen molar-refractivity contribution in [3.8, 4) is 0 Å². The molecule has 18 heavy (non-hydrogen) atoms. The number of hydrogen-bond donors (Lipinski definition) is 1. The lowest BCUT2D eigenvalue weighted by Gasteiger charge is -2.22. The van der Waals surface area contributed by atoms with Crippen LogP contribution in [0.2, 0.25) is 0 Å². The Kier molecular flexibility index (Phi) is 3.97. The van der Waals surface area contributed by atoms with Crippen LogP contribution in [0.15, 0.2) is 30.3 Å². The average Bonchev–Trinajstić information content (AvgIpc) is 2.86. The second kappa shape index (κ2) is 5.67. The van der Waals surface area contributed by atoms with E-state index in [0.717, 1.165) is 18.4 Å². The number of nitrogens with one attached hydrogen (secondary N) is 1. The van der Waals surface area contributed by atoms with Crippen LogP contribution in [-0.2, 0) is 16.1 Å². The van der Waals surface area contributed by atoms with Gasteiger partial charge in [0.25, 0.3) is 0 Å². The summed E-state index contributed by atoms with van der Waals surface area (Å²) in [4.78, 5) is 25.1. The van der Waals surface area contributed by atoms with Gasteiger partial charge < -0.3 is 10.2 Å². The van der Waals surface area contributed by atoms with Gasteiger partial charge in [-0.2, -0.15) is 0 Å². The van der Waals surface area contributed by atoms with Crippen molar-refractivity contribution in [2.24, 2.45) is 0 Å². The molecule has 1 atom stereocenters. The van der Waals surface area contributed by atoms with E-state index in [0.29, 0.717) is 13.1 Å². The van der Waals surface area contributed by atoms with Crippen LogP contribution in [0.3, 0.4) is 0 Å². The number of nitrogens with zero attached hydrogens (tertiary/aromatic N) is 1. The number of rotatable bonds is 3. The van der Waals surface area contributed by atoms with Crippen molar-refractivity contribution >= 4 is 11.8 Å². The van der Waals surface area contributed by atoms with Crippen LogP contribution in [0.25, 0.3) is 0 Å². The molecule has 1 saturated heterocycles. The molecule has 1 aliphatic heterocycles. The zero-order valence-electron chi connectivity index (χ0n) is 10.6. The molecular formula is C14H18N2O2. The van der Waals surface area contributed by atoms with Crippen LogP contribution in [0.5, 0.6) is 0 Å². The van der Waals surface area contributed by atoms with Crippen LogP contribution in [-0.4, -0.2) is 29.3 Å². The van der Waals surface area contributed by atoms with E-state index in [1.165, 1.54) is 6.92 Å². The van der Waals surface area contributed by atoms with Crippen LogP contribution < -0.4 is 5.32 Å². The smallest absolute Gasteiger partial charge is 0.243 e. The molecule has 1 N–H and O–H groups in total. The SMILES string of the molecule is CC(=O)N1CCCC1C(=O)NCc1ccccc1. The summed E-state index contributed by atoms with van der Waals surface area (Å²) in [5.74, 6) is -0.0704. The lowest BCUT2D eigenvalue weighted by atomic mass is 10.2. The summed E-state index contributed by atoms with van der Waals surface area (Å²) in [5, 5.41) is 2.89. The van der Waals surface area contributed by atoms with Crippen LogP contribution in [0.4, 0.5) is 0 Å². The molecule has 2 amide bonds. The van der Waals surface area contributed by atoms with Crippen molar-refractivity contribution in [3.05, 3.63) is 35.9 Å². The molecule has 2 rings (SSSR count). The molecule has 0 radical (unpaired) electrons. The van der Waals surface area contributed by atoms with Crippen molar-refractivity contribution in [1.29, 1.82) is 0 Å². The van der Waals surface area contributed by atoms with E-state index in [1.54, 1.807) is 4.90 Å². The number of amides is 2. The molecule has 1 unspecified atom stereocenters. The predicted octanol–water partition coefficient (Wildman–Crippen LogP) is 1.31. The highest BCUT2D eigenvalue weighted by Gasteiger charge is 2.31. The molecule has 96 valence electrons. The van der Waals surface area contributed by atoms with E-state index < -0.39 is 0 Å². The van der Waals surface area contributed by atoms with Gasteiger partial charge in [0.2, 0.25) is 11.8 Å². The van der Waals surface area contributed by atoms with Gasteiger partial charge in [0.1, 0.15) is 6.04 Å². The fourth-order valence-electron chi connectivity index (χ4n) is 2.32. The molecular weight excluding hydrogens is 228 g/mol. The Labute approximate surface area is 107 Å². The standard InChI is InChI=1S/C14H18N2O2/c1-11(17)16-9-5-8-13(16)14(18)15-10-12-6-3-2-4-7-12/h2-4,6-7,13H,5,8-10H2,1H3,(H,15,18). The van der Waals surface area contributed by atoms with Crippen molar-refractivity contribution in [3.63, 3.8) is 0 Å². The first-order valence-corrected chi connectivity index (χ1v) is 6.27. The van der Waals surface area contributed by atoms with Gasteiger partial charge in [-0.05, 0) is 18.4 Å². The summed E-state index contributed by atoms with van der Waals surface area (Å²) in [6.45, 7) is 2.73. The Morgan fingerprint density at radius 1 is 1.33 bits per heavy atom. The lowest BCUT2D eigenvalue weighted by molar-refractivity contribution is -0.136. The van der Waals surface area contributed by atoms with Gasteiger partial charge in [-0.15, -0.1) is 0 Å². The molecule has 1 aromatic carbocycles. The monoisotopic (exact) mass is 246 g/mol. The van der Waals surface area contributed by atoms with Crippen molar-refractivity contribution in [2.45, 2.75) is 32.4 Å². The minimum Gasteiger partial charge on any atom is -0.350 e. The van der Waals surface area contributed by atoms with E-state index in [-0.39, 0.29) is 17.9 Å². The van der Waals surface area contributed by atoms with Gasteiger partial charge in [-0.1, -0.05) is 30.3 Å². The molecule has 0 bridgehead atoms. The minimum atomic E-state index is -0.286. The Morgan fingerprint density at radius 2 is 2.06 bits per heavy atom. The predicted molar refractivity (Wildman–Crippen MR) is 68.7 cm³/mol. The molecule has 4 heteroatoms. The quantitative estimate of drug-likeness (QED) is 0.874. The third-order valence-corrected chi connectivity index (χ3v) is 3.27. The number of likely N-dealkylation sites (tertiary alicyclic amines) is 1. The topological polar surface area (TPSA) is 49.4 Å². The average molecular weight is 246 g/mol. The van der Waals surface area contributed by atoms with E-state index in [9.17, 15) is 9.59 Å². The second-order valence-corrected chi connectivity index (χ2v) is 4.57. The van der Waals surface area contributed by atoms with Crippen LogP contribution in [0, 0.1) is 0 Å². The highest BCUT2D eigenvalue weighted by atomic mass is 16.2. The first kappa shape index (κ1) is 12.6. The highest BCUT2D eigenvalue weighted by Crippen LogP contribution is 2.17. The maximum Gasteiger partial charge on any atom is 0.243 e. The lowest BCUT2D eigenvalue weighted by Crippen LogP contribution is -2.44. The van der Waals surface area contributed by atoms with E-state index in [1.807, 2.05) is 30.3 Å². The molecule has 0 aliphatic carbocycles. The molecule has 0 spiro atoms. The second-order valence-electron chi connectivity index (χ2n) is 4.57. The summed E-state index contributed by atoms with van der Waals surface area (Å²) in [6.07, 6.45) is 1.67. The van der Waals surface area contributed by atoms with Crippen molar-refractivity contribution < 1.29 is 9.59 Å². The Balaban J connectivity index is 1.90. The van der Waals surface area contributed by atoms with Crippen LogP contribution in [0.1, 0.15) is 25.3 Å². The first-order chi connectivity index (χ1) is 8.68. The summed E-state index contributed by atoms with van der Waals surface area (Å²) in [7, 11) is 0. The third kappa shape index (κ3) is 2.88. The summed E-state index contributed by atoms with van der Waals surface area (Å²) < 4.78 is 0. The number of hydrogen-bond acceptors (Lipinski definition) is 2. The Morgan fingerprint density at radius 3 is 2.72 bits per heavy atom. The number of carbonyl (C=O) groups excluding carboxylic acids is 2. The Hall–Kier alpha value is -1.84. The van der Waals surface area contributed by atoms with E-state index in [4.69, 9.17) is 0 Å². The van der Waals surface area contributed by atoms with Gasteiger partial charge in [0.05, 0.1) is 0 Å². The van der Waals surface area contributed by atoms with Gasteiger partial charge in [-0.3, -0.25) is 9.59 Å². The zero-order valence-corrected chi connectivity index (χ0v) is 10.6. The van der Waals surface area contributed by atoms with Crippen molar-refractivity contribution in [1.82, 2.24) is 10.2 Å².